The molecule has 1 aromatic carbocycles. The Morgan fingerprint density at radius 1 is 1.19 bits per heavy atom. The number of nitriles is 1. The molecule has 16 heavy (non-hydrogen) atoms. The number of hydrogen-bond donors (Lipinski definition) is 0. The van der Waals surface area contributed by atoms with Crippen molar-refractivity contribution in [1.82, 2.24) is 0 Å². The van der Waals surface area contributed by atoms with E-state index in [1.165, 1.54) is 5.69 Å². The minimum absolute atomic E-state index is 0.597. The maximum atomic E-state index is 8.70. The van der Waals surface area contributed by atoms with E-state index in [0.717, 1.165) is 12.7 Å². The van der Waals surface area contributed by atoms with Crippen molar-refractivity contribution in [3.63, 3.8) is 0 Å². The fourth-order valence-electron chi connectivity index (χ4n) is 1.70. The molecule has 0 radical (unpaired) electrons. The van der Waals surface area contributed by atoms with Crippen LogP contribution in [0.5, 0.6) is 0 Å². The quantitative estimate of drug-likeness (QED) is 0.728. The van der Waals surface area contributed by atoms with Gasteiger partial charge in [0, 0.05) is 18.4 Å². The first-order chi connectivity index (χ1) is 7.53. The third-order valence-corrected chi connectivity index (χ3v) is 3.61. The molecule has 3 heteroatoms. The average molecular weight is 232 g/mol. The van der Waals surface area contributed by atoms with Gasteiger partial charge in [-0.2, -0.15) is 5.26 Å². The summed E-state index contributed by atoms with van der Waals surface area (Å²) in [5.41, 5.74) is 1.24. The van der Waals surface area contributed by atoms with Crippen LogP contribution in [0.1, 0.15) is 6.42 Å². The topological polar surface area (TPSA) is 27.0 Å². The highest BCUT2D eigenvalue weighted by molar-refractivity contribution is 6.76. The molecular weight excluding hydrogens is 212 g/mol. The third kappa shape index (κ3) is 4.50. The molecule has 1 aromatic rings. The molecule has 0 saturated carbocycles. The molecule has 1 rings (SSSR count). The van der Waals surface area contributed by atoms with Crippen molar-refractivity contribution in [2.45, 2.75) is 26.1 Å². The van der Waals surface area contributed by atoms with Gasteiger partial charge in [0.1, 0.15) is 0 Å². The van der Waals surface area contributed by atoms with Crippen molar-refractivity contribution in [1.29, 1.82) is 5.26 Å². The number of benzene rings is 1. The molecule has 0 saturated heterocycles. The maximum Gasteiger partial charge on any atom is 0.0665 e. The van der Waals surface area contributed by atoms with Gasteiger partial charge in [-0.15, -0.1) is 0 Å². The van der Waals surface area contributed by atoms with Crippen molar-refractivity contribution in [3.05, 3.63) is 30.3 Å². The highest BCUT2D eigenvalue weighted by Gasteiger charge is 2.18. The lowest BCUT2D eigenvalue weighted by molar-refractivity contribution is 0.872. The first-order valence-electron chi connectivity index (χ1n) is 5.70. The Labute approximate surface area is 99.5 Å². The summed E-state index contributed by atoms with van der Waals surface area (Å²) in [5.74, 6) is 0. The molecule has 0 N–H and O–H groups in total. The molecule has 0 aliphatic heterocycles. The van der Waals surface area contributed by atoms with Gasteiger partial charge in [0.15, 0.2) is 0 Å². The Kier molecular flexibility index (Phi) is 4.57. The monoisotopic (exact) mass is 232 g/mol. The lowest BCUT2D eigenvalue weighted by Crippen LogP contribution is -2.40. The summed E-state index contributed by atoms with van der Waals surface area (Å²) in [5, 5.41) is 8.70. The highest BCUT2D eigenvalue weighted by atomic mass is 28.3. The molecule has 0 heterocycles. The summed E-state index contributed by atoms with van der Waals surface area (Å²) in [6.45, 7) is 7.91. The number of para-hydroxylation sites is 1. The Morgan fingerprint density at radius 2 is 1.81 bits per heavy atom. The summed E-state index contributed by atoms with van der Waals surface area (Å²) in [7, 11) is -1.14. The second-order valence-corrected chi connectivity index (χ2v) is 10.7. The Hall–Kier alpha value is -1.27. The van der Waals surface area contributed by atoms with Crippen LogP contribution in [0.4, 0.5) is 5.69 Å². The van der Waals surface area contributed by atoms with Crippen molar-refractivity contribution >= 4 is 13.8 Å². The van der Waals surface area contributed by atoms with Gasteiger partial charge in [0.05, 0.1) is 20.6 Å². The SMILES string of the molecule is C[Si](C)(C)CN(CCC#N)c1ccccc1. The minimum Gasteiger partial charge on any atom is -0.373 e. The maximum absolute atomic E-state index is 8.70. The zero-order valence-electron chi connectivity index (χ0n) is 10.4. The van der Waals surface area contributed by atoms with Gasteiger partial charge in [0.25, 0.3) is 0 Å². The van der Waals surface area contributed by atoms with E-state index in [4.69, 9.17) is 5.26 Å². The number of hydrogen-bond acceptors (Lipinski definition) is 2. The molecule has 0 unspecified atom stereocenters. The summed E-state index contributed by atoms with van der Waals surface area (Å²) in [6, 6.07) is 12.6. The summed E-state index contributed by atoms with van der Waals surface area (Å²) >= 11 is 0. The van der Waals surface area contributed by atoms with E-state index in [1.54, 1.807) is 0 Å². The number of rotatable bonds is 5. The summed E-state index contributed by atoms with van der Waals surface area (Å²) in [4.78, 5) is 2.34. The second-order valence-electron chi connectivity index (χ2n) is 5.23. The third-order valence-electron chi connectivity index (χ3n) is 2.28. The Morgan fingerprint density at radius 3 is 2.31 bits per heavy atom. The average Bonchev–Trinajstić information content (AvgIpc) is 2.24. The Balaban J connectivity index is 2.76. The van der Waals surface area contributed by atoms with Crippen molar-refractivity contribution in [3.8, 4) is 6.07 Å². The van der Waals surface area contributed by atoms with E-state index < -0.39 is 8.07 Å². The van der Waals surface area contributed by atoms with Gasteiger partial charge in [-0.1, -0.05) is 37.8 Å². The van der Waals surface area contributed by atoms with Crippen LogP contribution in [-0.4, -0.2) is 20.8 Å². The van der Waals surface area contributed by atoms with E-state index in [1.807, 2.05) is 6.07 Å². The fourth-order valence-corrected chi connectivity index (χ4v) is 3.18. The van der Waals surface area contributed by atoms with Gasteiger partial charge in [0.2, 0.25) is 0 Å². The van der Waals surface area contributed by atoms with Crippen LogP contribution >= 0.6 is 0 Å². The molecule has 0 spiro atoms. The number of nitrogens with zero attached hydrogens (tertiary/aromatic N) is 2. The molecule has 0 atom stereocenters. The largest absolute Gasteiger partial charge is 0.373 e. The first kappa shape index (κ1) is 12.8. The summed E-state index contributed by atoms with van der Waals surface area (Å²) in [6.07, 6.45) is 1.71. The van der Waals surface area contributed by atoms with Gasteiger partial charge >= 0.3 is 0 Å². The van der Waals surface area contributed by atoms with Gasteiger partial charge < -0.3 is 4.90 Å². The molecule has 0 aliphatic carbocycles. The zero-order chi connectivity index (χ0) is 12.0. The smallest absolute Gasteiger partial charge is 0.0665 e. The van der Waals surface area contributed by atoms with E-state index >= 15 is 0 Å². The molecule has 0 aliphatic rings. The lowest BCUT2D eigenvalue weighted by Gasteiger charge is -2.30. The first-order valence-corrected chi connectivity index (χ1v) is 9.40. The minimum atomic E-state index is -1.14. The molecule has 0 amide bonds. The van der Waals surface area contributed by atoms with Crippen molar-refractivity contribution < 1.29 is 0 Å². The van der Waals surface area contributed by atoms with Crippen LogP contribution in [0.2, 0.25) is 19.6 Å². The summed E-state index contributed by atoms with van der Waals surface area (Å²) < 4.78 is 0. The number of anilines is 1. The zero-order valence-corrected chi connectivity index (χ0v) is 11.4. The predicted molar refractivity (Wildman–Crippen MR) is 72.2 cm³/mol. The molecular formula is C13H20N2Si. The Bertz CT molecular complexity index is 348. The normalized spacial score (nSPS) is 10.9. The molecule has 2 nitrogen and oxygen atoms in total. The molecule has 0 fully saturated rings. The standard InChI is InChI=1S/C13H20N2Si/c1-16(2,3)12-15(11-7-10-14)13-8-5-4-6-9-13/h4-6,8-9H,7,11-12H2,1-3H3. The van der Waals surface area contributed by atoms with Crippen LogP contribution in [0.3, 0.4) is 0 Å². The highest BCUT2D eigenvalue weighted by Crippen LogP contribution is 2.16. The van der Waals surface area contributed by atoms with E-state index in [-0.39, 0.29) is 0 Å². The van der Waals surface area contributed by atoms with Crippen LogP contribution in [-0.2, 0) is 0 Å². The molecule has 86 valence electrons. The van der Waals surface area contributed by atoms with E-state index in [9.17, 15) is 0 Å². The van der Waals surface area contributed by atoms with Gasteiger partial charge in [-0.25, -0.2) is 0 Å². The van der Waals surface area contributed by atoms with Crippen LogP contribution in [0, 0.1) is 11.3 Å². The van der Waals surface area contributed by atoms with Crippen LogP contribution in [0.15, 0.2) is 30.3 Å². The van der Waals surface area contributed by atoms with Crippen LogP contribution in [0.25, 0.3) is 0 Å². The van der Waals surface area contributed by atoms with Crippen molar-refractivity contribution in [2.24, 2.45) is 0 Å². The van der Waals surface area contributed by atoms with E-state index in [2.05, 4.69) is 54.9 Å². The van der Waals surface area contributed by atoms with Gasteiger partial charge in [-0.05, 0) is 12.1 Å². The predicted octanol–water partition coefficient (Wildman–Crippen LogP) is 3.28. The van der Waals surface area contributed by atoms with Crippen molar-refractivity contribution in [2.75, 3.05) is 17.6 Å². The van der Waals surface area contributed by atoms with Crippen LogP contribution < -0.4 is 4.90 Å². The molecule has 0 bridgehead atoms. The molecule has 0 aromatic heterocycles. The van der Waals surface area contributed by atoms with Gasteiger partial charge in [-0.3, -0.25) is 0 Å². The lowest BCUT2D eigenvalue weighted by atomic mass is 10.3. The second kappa shape index (κ2) is 5.71. The van der Waals surface area contributed by atoms with E-state index in [0.29, 0.717) is 6.42 Å². The fraction of sp³-hybridized carbons (Fsp3) is 0.462.